The van der Waals surface area contributed by atoms with E-state index in [1.54, 1.807) is 13.8 Å². The minimum atomic E-state index is -0.969. The van der Waals surface area contributed by atoms with Gasteiger partial charge in [-0.25, -0.2) is 9.18 Å². The number of benzene rings is 1. The second-order valence-electron chi connectivity index (χ2n) is 5.27. The molecule has 1 saturated heterocycles. The lowest BCUT2D eigenvalue weighted by molar-refractivity contribution is -0.146. The third-order valence-electron chi connectivity index (χ3n) is 3.05. The molecule has 1 aliphatic rings. The summed E-state index contributed by atoms with van der Waals surface area (Å²) in [4.78, 5) is 34.9. The molecule has 8 heteroatoms. The van der Waals surface area contributed by atoms with Crippen molar-refractivity contribution in [3.05, 3.63) is 28.5 Å². The third kappa shape index (κ3) is 4.19. The van der Waals surface area contributed by atoms with Gasteiger partial charge in [0.15, 0.2) is 6.10 Å². The van der Waals surface area contributed by atoms with Crippen molar-refractivity contribution in [2.45, 2.75) is 38.9 Å². The minimum Gasteiger partial charge on any atom is -0.459 e. The van der Waals surface area contributed by atoms with Crippen LogP contribution in [-0.4, -0.2) is 30.1 Å². The van der Waals surface area contributed by atoms with Crippen molar-refractivity contribution in [1.82, 2.24) is 0 Å². The van der Waals surface area contributed by atoms with E-state index in [1.165, 1.54) is 0 Å². The van der Waals surface area contributed by atoms with Crippen LogP contribution in [0.4, 0.5) is 10.1 Å². The maximum Gasteiger partial charge on any atom is 0.339 e. The molecule has 1 aliphatic heterocycles. The molecule has 23 heavy (non-hydrogen) atoms. The number of hydrogen-bond donors (Lipinski definition) is 1. The lowest BCUT2D eigenvalue weighted by Gasteiger charge is -2.13. The molecule has 2 rings (SSSR count). The Hall–Kier alpha value is -2.15. The van der Waals surface area contributed by atoms with Crippen LogP contribution in [0.15, 0.2) is 12.1 Å². The molecule has 0 radical (unpaired) electrons. The Labute approximate surface area is 136 Å². The summed E-state index contributed by atoms with van der Waals surface area (Å²) in [5.74, 6) is -2.69. The number of hydrogen-bond acceptors (Lipinski definition) is 5. The van der Waals surface area contributed by atoms with Crippen LogP contribution in [0.1, 0.15) is 37.0 Å². The SMILES string of the molecule is CC(C)OC(=O)c1cc(NC(=O)[C@@H]2CCC(=O)O2)c(F)cc1Cl. The maximum absolute atomic E-state index is 13.9. The molecule has 0 unspecified atom stereocenters. The molecule has 1 aromatic rings. The number of nitrogens with one attached hydrogen (secondary N) is 1. The Balaban J connectivity index is 2.20. The molecule has 0 bridgehead atoms. The first-order chi connectivity index (χ1) is 10.8. The number of anilines is 1. The van der Waals surface area contributed by atoms with Gasteiger partial charge in [0.05, 0.1) is 22.4 Å². The summed E-state index contributed by atoms with van der Waals surface area (Å²) in [6.45, 7) is 3.32. The smallest absolute Gasteiger partial charge is 0.339 e. The molecule has 6 nitrogen and oxygen atoms in total. The third-order valence-corrected chi connectivity index (χ3v) is 3.37. The van der Waals surface area contributed by atoms with E-state index in [0.717, 1.165) is 12.1 Å². The van der Waals surface area contributed by atoms with Crippen LogP contribution in [0, 0.1) is 5.82 Å². The lowest BCUT2D eigenvalue weighted by Crippen LogP contribution is -2.28. The van der Waals surface area contributed by atoms with Crippen LogP contribution in [-0.2, 0) is 19.1 Å². The van der Waals surface area contributed by atoms with Crippen molar-refractivity contribution >= 4 is 35.1 Å². The number of rotatable bonds is 4. The monoisotopic (exact) mass is 343 g/mol. The summed E-state index contributed by atoms with van der Waals surface area (Å²) in [7, 11) is 0. The van der Waals surface area contributed by atoms with Crippen LogP contribution in [0.25, 0.3) is 0 Å². The van der Waals surface area contributed by atoms with E-state index in [9.17, 15) is 18.8 Å². The van der Waals surface area contributed by atoms with Crippen molar-refractivity contribution in [3.63, 3.8) is 0 Å². The summed E-state index contributed by atoms with van der Waals surface area (Å²) >= 11 is 5.84. The highest BCUT2D eigenvalue weighted by Gasteiger charge is 2.30. The lowest BCUT2D eigenvalue weighted by atomic mass is 10.1. The number of carbonyl (C=O) groups is 3. The summed E-state index contributed by atoms with van der Waals surface area (Å²) in [6, 6.07) is 2.01. The number of amides is 1. The average Bonchev–Trinajstić information content (AvgIpc) is 2.87. The molecule has 0 aliphatic carbocycles. The molecule has 124 valence electrons. The van der Waals surface area contributed by atoms with Crippen LogP contribution >= 0.6 is 11.6 Å². The zero-order chi connectivity index (χ0) is 17.1. The fourth-order valence-corrected chi connectivity index (χ4v) is 2.23. The predicted octanol–water partition coefficient (Wildman–Crippen LogP) is 2.69. The average molecular weight is 344 g/mol. The van der Waals surface area contributed by atoms with E-state index in [-0.39, 0.29) is 35.2 Å². The number of ether oxygens (including phenoxy) is 2. The fourth-order valence-electron chi connectivity index (χ4n) is 2.00. The van der Waals surface area contributed by atoms with E-state index in [4.69, 9.17) is 21.1 Å². The molecule has 1 fully saturated rings. The first kappa shape index (κ1) is 17.2. The van der Waals surface area contributed by atoms with Gasteiger partial charge in [0.1, 0.15) is 5.82 Å². The van der Waals surface area contributed by atoms with Crippen LogP contribution in [0.3, 0.4) is 0 Å². The molecule has 1 amide bonds. The summed E-state index contributed by atoms with van der Waals surface area (Å²) < 4.78 is 23.7. The number of halogens is 2. The molecule has 0 aromatic heterocycles. The van der Waals surface area contributed by atoms with Gasteiger partial charge < -0.3 is 14.8 Å². The number of cyclic esters (lactones) is 1. The van der Waals surface area contributed by atoms with E-state index >= 15 is 0 Å². The van der Waals surface area contributed by atoms with Gasteiger partial charge in [0.2, 0.25) is 0 Å². The standard InChI is InChI=1S/C15H15ClFNO5/c1-7(2)22-15(21)8-5-11(10(17)6-9(8)16)18-14(20)12-3-4-13(19)23-12/h5-7,12H,3-4H2,1-2H3,(H,18,20)/t12-/m0/s1. The summed E-state index contributed by atoms with van der Waals surface area (Å²) in [5.41, 5.74) is -0.307. The van der Waals surface area contributed by atoms with Crippen molar-refractivity contribution in [3.8, 4) is 0 Å². The Morgan fingerprint density at radius 3 is 2.70 bits per heavy atom. The van der Waals surface area contributed by atoms with Gasteiger partial charge in [-0.15, -0.1) is 0 Å². The van der Waals surface area contributed by atoms with Gasteiger partial charge in [-0.3, -0.25) is 9.59 Å². The van der Waals surface area contributed by atoms with Gasteiger partial charge in [-0.05, 0) is 26.0 Å². The van der Waals surface area contributed by atoms with Gasteiger partial charge in [-0.1, -0.05) is 11.6 Å². The Morgan fingerprint density at radius 1 is 1.43 bits per heavy atom. The molecule has 0 spiro atoms. The van der Waals surface area contributed by atoms with E-state index < -0.39 is 29.8 Å². The molecular weight excluding hydrogens is 329 g/mol. The Morgan fingerprint density at radius 2 is 2.13 bits per heavy atom. The molecule has 0 saturated carbocycles. The van der Waals surface area contributed by atoms with Gasteiger partial charge in [0.25, 0.3) is 5.91 Å². The van der Waals surface area contributed by atoms with Crippen molar-refractivity contribution in [1.29, 1.82) is 0 Å². The molecular formula is C15H15ClFNO5. The summed E-state index contributed by atoms with van der Waals surface area (Å²) in [5, 5.41) is 2.16. The first-order valence-electron chi connectivity index (χ1n) is 6.98. The molecule has 1 atom stereocenters. The van der Waals surface area contributed by atoms with E-state index in [0.29, 0.717) is 0 Å². The van der Waals surface area contributed by atoms with Gasteiger partial charge in [0, 0.05) is 12.8 Å². The largest absolute Gasteiger partial charge is 0.459 e. The van der Waals surface area contributed by atoms with Crippen molar-refractivity contribution in [2.24, 2.45) is 0 Å². The Kier molecular flexibility index (Phi) is 5.20. The van der Waals surface area contributed by atoms with Gasteiger partial charge >= 0.3 is 11.9 Å². The van der Waals surface area contributed by atoms with Gasteiger partial charge in [-0.2, -0.15) is 0 Å². The number of esters is 2. The van der Waals surface area contributed by atoms with Crippen LogP contribution in [0.2, 0.25) is 5.02 Å². The first-order valence-corrected chi connectivity index (χ1v) is 7.36. The highest BCUT2D eigenvalue weighted by Crippen LogP contribution is 2.26. The second-order valence-corrected chi connectivity index (χ2v) is 5.68. The minimum absolute atomic E-state index is 0.0690. The number of carbonyl (C=O) groups excluding carboxylic acids is 3. The second kappa shape index (κ2) is 6.95. The quantitative estimate of drug-likeness (QED) is 0.850. The van der Waals surface area contributed by atoms with Crippen molar-refractivity contribution < 1.29 is 28.2 Å². The van der Waals surface area contributed by atoms with Crippen molar-refractivity contribution in [2.75, 3.05) is 5.32 Å². The van der Waals surface area contributed by atoms with Crippen LogP contribution < -0.4 is 5.32 Å². The highest BCUT2D eigenvalue weighted by atomic mass is 35.5. The zero-order valence-corrected chi connectivity index (χ0v) is 13.3. The summed E-state index contributed by atoms with van der Waals surface area (Å²) in [6.07, 6.45) is -0.988. The maximum atomic E-state index is 13.9. The molecule has 1 aromatic carbocycles. The Bertz CT molecular complexity index is 662. The zero-order valence-electron chi connectivity index (χ0n) is 12.5. The highest BCUT2D eigenvalue weighted by molar-refractivity contribution is 6.33. The van der Waals surface area contributed by atoms with E-state index in [1.807, 2.05) is 0 Å². The normalized spacial score (nSPS) is 17.1. The van der Waals surface area contributed by atoms with E-state index in [2.05, 4.69) is 5.32 Å². The van der Waals surface area contributed by atoms with Crippen LogP contribution in [0.5, 0.6) is 0 Å². The fraction of sp³-hybridized carbons (Fsp3) is 0.400. The predicted molar refractivity (Wildman–Crippen MR) is 79.7 cm³/mol. The topological polar surface area (TPSA) is 81.7 Å². The molecule has 1 N–H and O–H groups in total. The molecule has 1 heterocycles.